The lowest BCUT2D eigenvalue weighted by molar-refractivity contribution is -0.114. The molecule has 0 N–H and O–H groups in total. The standard InChI is InChI=1S/C18H20O3/c1-18(2,11-12-19)20-14-15-7-6-10-17(13-15)21-16-8-4-3-5-9-16/h3-10,12-13H,11,14H2,1-2H3. The second-order valence-electron chi connectivity index (χ2n) is 5.48. The molecule has 0 aliphatic heterocycles. The van der Waals surface area contributed by atoms with Crippen molar-refractivity contribution in [2.24, 2.45) is 0 Å². The fourth-order valence-electron chi connectivity index (χ4n) is 1.86. The number of hydrogen-bond donors (Lipinski definition) is 0. The fourth-order valence-corrected chi connectivity index (χ4v) is 1.86. The first-order chi connectivity index (χ1) is 10.1. The molecule has 0 saturated heterocycles. The van der Waals surface area contributed by atoms with Gasteiger partial charge in [0.25, 0.3) is 0 Å². The Morgan fingerprint density at radius 1 is 1.00 bits per heavy atom. The maximum Gasteiger partial charge on any atom is 0.127 e. The predicted molar refractivity (Wildman–Crippen MR) is 82.5 cm³/mol. The van der Waals surface area contributed by atoms with Gasteiger partial charge in [0.2, 0.25) is 0 Å². The number of benzene rings is 2. The van der Waals surface area contributed by atoms with E-state index in [9.17, 15) is 4.79 Å². The molecule has 21 heavy (non-hydrogen) atoms. The van der Waals surface area contributed by atoms with Crippen LogP contribution in [0.1, 0.15) is 25.8 Å². The third-order valence-electron chi connectivity index (χ3n) is 3.08. The van der Waals surface area contributed by atoms with Crippen LogP contribution in [0.15, 0.2) is 54.6 Å². The maximum atomic E-state index is 10.6. The molecule has 2 aromatic carbocycles. The van der Waals surface area contributed by atoms with Gasteiger partial charge in [-0.15, -0.1) is 0 Å². The van der Waals surface area contributed by atoms with E-state index in [-0.39, 0.29) is 0 Å². The lowest BCUT2D eigenvalue weighted by Gasteiger charge is -2.22. The number of hydrogen-bond acceptors (Lipinski definition) is 3. The van der Waals surface area contributed by atoms with Gasteiger partial charge < -0.3 is 14.3 Å². The van der Waals surface area contributed by atoms with E-state index in [0.29, 0.717) is 13.0 Å². The second kappa shape index (κ2) is 7.04. The van der Waals surface area contributed by atoms with Crippen LogP contribution in [0, 0.1) is 0 Å². The fraction of sp³-hybridized carbons (Fsp3) is 0.278. The van der Waals surface area contributed by atoms with Crippen molar-refractivity contribution in [3.05, 3.63) is 60.2 Å². The van der Waals surface area contributed by atoms with Crippen LogP contribution in [0.3, 0.4) is 0 Å². The van der Waals surface area contributed by atoms with Crippen LogP contribution in [0.25, 0.3) is 0 Å². The van der Waals surface area contributed by atoms with Crippen LogP contribution < -0.4 is 4.74 Å². The van der Waals surface area contributed by atoms with Crippen LogP contribution in [-0.2, 0) is 16.1 Å². The van der Waals surface area contributed by atoms with E-state index in [1.54, 1.807) is 0 Å². The van der Waals surface area contributed by atoms with E-state index < -0.39 is 5.60 Å². The summed E-state index contributed by atoms with van der Waals surface area (Å²) in [6, 6.07) is 17.4. The Morgan fingerprint density at radius 3 is 2.43 bits per heavy atom. The Kier molecular flexibility index (Phi) is 5.12. The van der Waals surface area contributed by atoms with Gasteiger partial charge >= 0.3 is 0 Å². The summed E-state index contributed by atoms with van der Waals surface area (Å²) in [5.41, 5.74) is 0.570. The Bertz CT molecular complexity index is 576. The number of rotatable bonds is 7. The van der Waals surface area contributed by atoms with Gasteiger partial charge in [0.15, 0.2) is 0 Å². The summed E-state index contributed by atoms with van der Waals surface area (Å²) in [7, 11) is 0. The highest BCUT2D eigenvalue weighted by atomic mass is 16.5. The van der Waals surface area contributed by atoms with Gasteiger partial charge in [-0.25, -0.2) is 0 Å². The number of carbonyl (C=O) groups is 1. The second-order valence-corrected chi connectivity index (χ2v) is 5.48. The number of carbonyl (C=O) groups excluding carboxylic acids is 1. The van der Waals surface area contributed by atoms with Gasteiger partial charge in [0, 0.05) is 6.42 Å². The topological polar surface area (TPSA) is 35.5 Å². The van der Waals surface area contributed by atoms with E-state index in [4.69, 9.17) is 9.47 Å². The van der Waals surface area contributed by atoms with Gasteiger partial charge in [0.05, 0.1) is 12.2 Å². The first-order valence-electron chi connectivity index (χ1n) is 6.98. The zero-order chi connectivity index (χ0) is 15.1. The summed E-state index contributed by atoms with van der Waals surface area (Å²) in [5, 5.41) is 0. The molecule has 0 unspecified atom stereocenters. The summed E-state index contributed by atoms with van der Waals surface area (Å²) in [6.45, 7) is 4.27. The van der Waals surface area contributed by atoms with Crippen LogP contribution in [0.2, 0.25) is 0 Å². The van der Waals surface area contributed by atoms with Gasteiger partial charge in [-0.1, -0.05) is 30.3 Å². The van der Waals surface area contributed by atoms with E-state index in [0.717, 1.165) is 23.3 Å². The summed E-state index contributed by atoms with van der Waals surface area (Å²) >= 11 is 0. The molecule has 0 fully saturated rings. The molecule has 110 valence electrons. The molecule has 0 radical (unpaired) electrons. The van der Waals surface area contributed by atoms with E-state index in [1.165, 1.54) is 0 Å². The maximum absolute atomic E-state index is 10.6. The predicted octanol–water partition coefficient (Wildman–Crippen LogP) is 4.36. The minimum absolute atomic E-state index is 0.382. The Morgan fingerprint density at radius 2 is 1.71 bits per heavy atom. The molecule has 3 nitrogen and oxygen atoms in total. The number of ether oxygens (including phenoxy) is 2. The molecule has 0 aromatic heterocycles. The summed E-state index contributed by atoms with van der Waals surface area (Å²) in [4.78, 5) is 10.6. The Labute approximate surface area is 125 Å². The van der Waals surface area contributed by atoms with Crippen molar-refractivity contribution < 1.29 is 14.3 Å². The van der Waals surface area contributed by atoms with Crippen LogP contribution in [-0.4, -0.2) is 11.9 Å². The molecule has 0 heterocycles. The quantitative estimate of drug-likeness (QED) is 0.708. The lowest BCUT2D eigenvalue weighted by Crippen LogP contribution is -2.24. The van der Waals surface area contributed by atoms with E-state index in [2.05, 4.69) is 0 Å². The molecule has 2 aromatic rings. The van der Waals surface area contributed by atoms with Gasteiger partial charge in [-0.05, 0) is 43.7 Å². The third-order valence-corrected chi connectivity index (χ3v) is 3.08. The van der Waals surface area contributed by atoms with E-state index in [1.807, 2.05) is 68.4 Å². The smallest absolute Gasteiger partial charge is 0.127 e. The van der Waals surface area contributed by atoms with Crippen LogP contribution >= 0.6 is 0 Å². The minimum Gasteiger partial charge on any atom is -0.457 e. The molecule has 3 heteroatoms. The van der Waals surface area contributed by atoms with Crippen LogP contribution in [0.4, 0.5) is 0 Å². The molecule has 2 rings (SSSR count). The number of aldehydes is 1. The number of para-hydroxylation sites is 1. The monoisotopic (exact) mass is 284 g/mol. The molecule has 0 aliphatic rings. The van der Waals surface area contributed by atoms with Crippen molar-refractivity contribution in [2.45, 2.75) is 32.5 Å². The zero-order valence-electron chi connectivity index (χ0n) is 12.4. The van der Waals surface area contributed by atoms with Crippen molar-refractivity contribution in [3.8, 4) is 11.5 Å². The van der Waals surface area contributed by atoms with Gasteiger partial charge in [-0.2, -0.15) is 0 Å². The SMILES string of the molecule is CC(C)(CC=O)OCc1cccc(Oc2ccccc2)c1. The molecule has 0 aliphatic carbocycles. The normalized spacial score (nSPS) is 11.1. The van der Waals surface area contributed by atoms with Crippen molar-refractivity contribution in [2.75, 3.05) is 0 Å². The first-order valence-corrected chi connectivity index (χ1v) is 6.98. The van der Waals surface area contributed by atoms with Gasteiger partial charge in [0.1, 0.15) is 17.8 Å². The highest BCUT2D eigenvalue weighted by Crippen LogP contribution is 2.23. The average Bonchev–Trinajstić information content (AvgIpc) is 2.47. The first kappa shape index (κ1) is 15.3. The summed E-state index contributed by atoms with van der Waals surface area (Å²) < 4.78 is 11.6. The van der Waals surface area contributed by atoms with Crippen molar-refractivity contribution in [1.29, 1.82) is 0 Å². The Hall–Kier alpha value is -2.13. The highest BCUT2D eigenvalue weighted by Gasteiger charge is 2.17. The molecule has 0 bridgehead atoms. The summed E-state index contributed by atoms with van der Waals surface area (Å²) in [5.74, 6) is 1.58. The molecular formula is C18H20O3. The van der Waals surface area contributed by atoms with Crippen molar-refractivity contribution in [1.82, 2.24) is 0 Å². The average molecular weight is 284 g/mol. The van der Waals surface area contributed by atoms with E-state index >= 15 is 0 Å². The van der Waals surface area contributed by atoms with Crippen molar-refractivity contribution in [3.63, 3.8) is 0 Å². The van der Waals surface area contributed by atoms with Crippen LogP contribution in [0.5, 0.6) is 11.5 Å². The van der Waals surface area contributed by atoms with Crippen molar-refractivity contribution >= 4 is 6.29 Å². The Balaban J connectivity index is 1.99. The molecule has 0 amide bonds. The zero-order valence-corrected chi connectivity index (χ0v) is 12.4. The largest absolute Gasteiger partial charge is 0.457 e. The highest BCUT2D eigenvalue weighted by molar-refractivity contribution is 5.51. The summed E-state index contributed by atoms with van der Waals surface area (Å²) in [6.07, 6.45) is 1.27. The lowest BCUT2D eigenvalue weighted by atomic mass is 10.1. The third kappa shape index (κ3) is 5.04. The molecule has 0 atom stereocenters. The molecular weight excluding hydrogens is 264 g/mol. The molecule has 0 saturated carbocycles. The minimum atomic E-state index is -0.446. The molecule has 0 spiro atoms. The van der Waals surface area contributed by atoms with Gasteiger partial charge in [-0.3, -0.25) is 0 Å².